The van der Waals surface area contributed by atoms with Crippen molar-refractivity contribution < 1.29 is 19.1 Å². The number of hydrogen-bond acceptors (Lipinski definition) is 4. The number of aryl methyl sites for hydroxylation is 2. The number of amides is 1. The summed E-state index contributed by atoms with van der Waals surface area (Å²) in [5, 5.41) is 4.72. The van der Waals surface area contributed by atoms with Crippen LogP contribution < -0.4 is 10.1 Å². The molecule has 1 atom stereocenters. The summed E-state index contributed by atoms with van der Waals surface area (Å²) >= 11 is 0. The van der Waals surface area contributed by atoms with Gasteiger partial charge in [-0.05, 0) is 60.4 Å². The zero-order chi connectivity index (χ0) is 21.0. The summed E-state index contributed by atoms with van der Waals surface area (Å²) in [4.78, 5) is 24.8. The lowest BCUT2D eigenvalue weighted by atomic mass is 10.0. The van der Waals surface area contributed by atoms with Gasteiger partial charge in [0.25, 0.3) is 5.91 Å². The van der Waals surface area contributed by atoms with E-state index in [-0.39, 0.29) is 18.6 Å². The van der Waals surface area contributed by atoms with E-state index in [1.165, 1.54) is 18.2 Å². The van der Waals surface area contributed by atoms with E-state index in [9.17, 15) is 9.59 Å². The van der Waals surface area contributed by atoms with E-state index in [4.69, 9.17) is 9.47 Å². The number of rotatable bonds is 6. The summed E-state index contributed by atoms with van der Waals surface area (Å²) in [5.74, 6) is -0.539. The molecule has 1 amide bonds. The fraction of sp³-hybridized carbons (Fsp3) is 0.250. The highest BCUT2D eigenvalue weighted by Crippen LogP contribution is 2.26. The average Bonchev–Trinajstić information content (AvgIpc) is 2.72. The summed E-state index contributed by atoms with van der Waals surface area (Å²) in [7, 11) is 1.50. The van der Waals surface area contributed by atoms with E-state index < -0.39 is 5.97 Å². The summed E-state index contributed by atoms with van der Waals surface area (Å²) < 4.78 is 10.6. The molecule has 0 aliphatic heterocycles. The first-order valence-electron chi connectivity index (χ1n) is 9.49. The van der Waals surface area contributed by atoms with Crippen molar-refractivity contribution in [1.29, 1.82) is 0 Å². The van der Waals surface area contributed by atoms with Crippen LogP contribution in [0.25, 0.3) is 10.8 Å². The smallest absolute Gasteiger partial charge is 0.342 e. The maximum atomic E-state index is 12.5. The molecule has 0 spiro atoms. The lowest BCUT2D eigenvalue weighted by Crippen LogP contribution is -2.31. The largest absolute Gasteiger partial charge is 0.496 e. The first-order chi connectivity index (χ1) is 13.9. The Morgan fingerprint density at radius 1 is 0.966 bits per heavy atom. The predicted octanol–water partition coefficient (Wildman–Crippen LogP) is 4.50. The lowest BCUT2D eigenvalue weighted by molar-refractivity contribution is -0.124. The molecule has 0 aromatic heterocycles. The van der Waals surface area contributed by atoms with Crippen LogP contribution in [-0.2, 0) is 9.53 Å². The van der Waals surface area contributed by atoms with E-state index in [0.29, 0.717) is 11.3 Å². The number of carbonyl (C=O) groups is 2. The lowest BCUT2D eigenvalue weighted by Gasteiger charge is -2.16. The number of methoxy groups -OCH3 is 1. The Morgan fingerprint density at radius 3 is 2.31 bits per heavy atom. The Hall–Kier alpha value is -3.34. The molecule has 0 aliphatic rings. The standard InChI is InChI=1S/C24H25NO4/c1-15-9-10-18(11-16(15)2)17(3)25-23(26)14-29-24(27)21-12-19-7-5-6-8-20(19)13-22(21)28-4/h5-13,17H,14H2,1-4H3,(H,25,26)/t17-/m0/s1. The summed E-state index contributed by atoms with van der Waals surface area (Å²) in [6.07, 6.45) is 0. The van der Waals surface area contributed by atoms with Crippen LogP contribution in [0.3, 0.4) is 0 Å². The van der Waals surface area contributed by atoms with Gasteiger partial charge in [-0.2, -0.15) is 0 Å². The van der Waals surface area contributed by atoms with Crippen LogP contribution in [0.15, 0.2) is 54.6 Å². The zero-order valence-corrected chi connectivity index (χ0v) is 17.1. The highest BCUT2D eigenvalue weighted by atomic mass is 16.5. The molecule has 0 heterocycles. The van der Waals surface area contributed by atoms with E-state index in [1.54, 1.807) is 12.1 Å². The summed E-state index contributed by atoms with van der Waals surface area (Å²) in [6.45, 7) is 5.62. The third-order valence-corrected chi connectivity index (χ3v) is 5.03. The Labute approximate surface area is 170 Å². The first kappa shape index (κ1) is 20.4. The zero-order valence-electron chi connectivity index (χ0n) is 17.1. The molecule has 0 unspecified atom stereocenters. The van der Waals surface area contributed by atoms with Crippen molar-refractivity contribution in [3.05, 3.63) is 76.9 Å². The molecule has 29 heavy (non-hydrogen) atoms. The van der Waals surface area contributed by atoms with Crippen LogP contribution in [0.5, 0.6) is 5.75 Å². The SMILES string of the molecule is COc1cc2ccccc2cc1C(=O)OCC(=O)N[C@@H](C)c1ccc(C)c(C)c1. The van der Waals surface area contributed by atoms with Gasteiger partial charge in [0.05, 0.1) is 13.2 Å². The minimum absolute atomic E-state index is 0.185. The van der Waals surface area contributed by atoms with Gasteiger partial charge in [0.15, 0.2) is 6.61 Å². The van der Waals surface area contributed by atoms with E-state index in [0.717, 1.165) is 16.3 Å². The molecule has 0 saturated heterocycles. The summed E-state index contributed by atoms with van der Waals surface area (Å²) in [6, 6.07) is 17.0. The molecule has 3 aromatic carbocycles. The van der Waals surface area contributed by atoms with Crippen molar-refractivity contribution in [1.82, 2.24) is 5.32 Å². The summed E-state index contributed by atoms with van der Waals surface area (Å²) in [5.41, 5.74) is 3.66. The molecule has 0 aliphatic carbocycles. The van der Waals surface area contributed by atoms with Gasteiger partial charge in [-0.3, -0.25) is 4.79 Å². The highest BCUT2D eigenvalue weighted by Gasteiger charge is 2.17. The molecular formula is C24H25NO4. The molecule has 0 radical (unpaired) electrons. The number of benzene rings is 3. The van der Waals surface area contributed by atoms with Crippen LogP contribution in [0.1, 0.15) is 40.0 Å². The second kappa shape index (κ2) is 8.78. The number of esters is 1. The van der Waals surface area contributed by atoms with Crippen molar-refractivity contribution in [3.8, 4) is 5.75 Å². The van der Waals surface area contributed by atoms with Gasteiger partial charge in [-0.15, -0.1) is 0 Å². The molecule has 150 valence electrons. The molecule has 3 rings (SSSR count). The van der Waals surface area contributed by atoms with E-state index in [1.807, 2.05) is 63.2 Å². The van der Waals surface area contributed by atoms with Crippen LogP contribution in [-0.4, -0.2) is 25.6 Å². The third kappa shape index (κ3) is 4.74. The van der Waals surface area contributed by atoms with Gasteiger partial charge < -0.3 is 14.8 Å². The van der Waals surface area contributed by atoms with Crippen LogP contribution in [0, 0.1) is 13.8 Å². The Bertz CT molecular complexity index is 1060. The maximum absolute atomic E-state index is 12.5. The normalized spacial score (nSPS) is 11.7. The Morgan fingerprint density at radius 2 is 1.66 bits per heavy atom. The number of fused-ring (bicyclic) bond motifs is 1. The quantitative estimate of drug-likeness (QED) is 0.629. The van der Waals surface area contributed by atoms with E-state index in [2.05, 4.69) is 5.32 Å². The van der Waals surface area contributed by atoms with Crippen LogP contribution in [0.2, 0.25) is 0 Å². The van der Waals surface area contributed by atoms with Gasteiger partial charge in [0.2, 0.25) is 0 Å². The minimum atomic E-state index is -0.596. The van der Waals surface area contributed by atoms with E-state index >= 15 is 0 Å². The fourth-order valence-corrected chi connectivity index (χ4v) is 3.16. The van der Waals surface area contributed by atoms with Crippen molar-refractivity contribution in [3.63, 3.8) is 0 Å². The molecule has 1 N–H and O–H groups in total. The Kier molecular flexibility index (Phi) is 6.17. The maximum Gasteiger partial charge on any atom is 0.342 e. The molecule has 0 saturated carbocycles. The number of nitrogens with one attached hydrogen (secondary N) is 1. The van der Waals surface area contributed by atoms with Crippen molar-refractivity contribution >= 4 is 22.6 Å². The number of ether oxygens (including phenoxy) is 2. The van der Waals surface area contributed by atoms with Gasteiger partial charge in [-0.1, -0.05) is 42.5 Å². The molecule has 5 heteroatoms. The van der Waals surface area contributed by atoms with Gasteiger partial charge in [0, 0.05) is 0 Å². The number of carbonyl (C=O) groups excluding carboxylic acids is 2. The van der Waals surface area contributed by atoms with Gasteiger partial charge in [-0.25, -0.2) is 4.79 Å². The van der Waals surface area contributed by atoms with Gasteiger partial charge >= 0.3 is 5.97 Å². The molecule has 0 bridgehead atoms. The average molecular weight is 391 g/mol. The van der Waals surface area contributed by atoms with Crippen LogP contribution in [0.4, 0.5) is 0 Å². The van der Waals surface area contributed by atoms with Gasteiger partial charge in [0.1, 0.15) is 11.3 Å². The highest BCUT2D eigenvalue weighted by molar-refractivity contribution is 5.99. The first-order valence-corrected chi connectivity index (χ1v) is 9.49. The fourth-order valence-electron chi connectivity index (χ4n) is 3.16. The molecular weight excluding hydrogens is 366 g/mol. The number of hydrogen-bond donors (Lipinski definition) is 1. The van der Waals surface area contributed by atoms with Crippen LogP contribution >= 0.6 is 0 Å². The molecule has 0 fully saturated rings. The second-order valence-electron chi connectivity index (χ2n) is 7.11. The van der Waals surface area contributed by atoms with Crippen molar-refractivity contribution in [2.75, 3.05) is 13.7 Å². The monoisotopic (exact) mass is 391 g/mol. The van der Waals surface area contributed by atoms with Crippen molar-refractivity contribution in [2.24, 2.45) is 0 Å². The van der Waals surface area contributed by atoms with Crippen molar-refractivity contribution in [2.45, 2.75) is 26.8 Å². The minimum Gasteiger partial charge on any atom is -0.496 e. The third-order valence-electron chi connectivity index (χ3n) is 5.03. The molecule has 3 aromatic rings. The second-order valence-corrected chi connectivity index (χ2v) is 7.11. The Balaban J connectivity index is 1.64. The topological polar surface area (TPSA) is 64.6 Å². The molecule has 5 nitrogen and oxygen atoms in total. The predicted molar refractivity (Wildman–Crippen MR) is 113 cm³/mol.